The zero-order valence-electron chi connectivity index (χ0n) is 13.0. The molecule has 0 unspecified atom stereocenters. The largest absolute Gasteiger partial charge is 0.325 e. The Bertz CT molecular complexity index is 756. The molecule has 2 amide bonds. The van der Waals surface area contributed by atoms with Crippen LogP contribution in [0.3, 0.4) is 0 Å². The van der Waals surface area contributed by atoms with Crippen molar-refractivity contribution in [1.29, 1.82) is 0 Å². The first-order valence-electron chi connectivity index (χ1n) is 7.03. The Hall–Kier alpha value is -2.11. The lowest BCUT2D eigenvalue weighted by atomic mass is 9.90. The standard InChI is InChI=1S/C17H15Cl2FN2O2/c1-17(2,15(23)21-13-5-3-12(20)4-6-13)16(24)22-14-8-10(18)7-11(19)9-14/h3-9H,1-2H3,(H,21,23)(H,22,24). The SMILES string of the molecule is CC(C)(C(=O)Nc1ccc(F)cc1)C(=O)Nc1cc(Cl)cc(Cl)c1. The van der Waals surface area contributed by atoms with Gasteiger partial charge in [-0.25, -0.2) is 4.39 Å². The van der Waals surface area contributed by atoms with Gasteiger partial charge in [0.2, 0.25) is 11.8 Å². The minimum atomic E-state index is -1.37. The highest BCUT2D eigenvalue weighted by atomic mass is 35.5. The van der Waals surface area contributed by atoms with Crippen LogP contribution < -0.4 is 10.6 Å². The normalized spacial score (nSPS) is 11.0. The predicted molar refractivity (Wildman–Crippen MR) is 93.9 cm³/mol. The molecule has 2 aromatic rings. The summed E-state index contributed by atoms with van der Waals surface area (Å²) in [6.07, 6.45) is 0. The minimum Gasteiger partial charge on any atom is -0.325 e. The van der Waals surface area contributed by atoms with Crippen LogP contribution >= 0.6 is 23.2 Å². The maximum Gasteiger partial charge on any atom is 0.239 e. The molecule has 2 aromatic carbocycles. The van der Waals surface area contributed by atoms with Crippen molar-refractivity contribution >= 4 is 46.4 Å². The lowest BCUT2D eigenvalue weighted by Gasteiger charge is -2.23. The van der Waals surface area contributed by atoms with Gasteiger partial charge in [-0.1, -0.05) is 23.2 Å². The van der Waals surface area contributed by atoms with E-state index in [2.05, 4.69) is 10.6 Å². The highest BCUT2D eigenvalue weighted by molar-refractivity contribution is 6.35. The average molecular weight is 369 g/mol. The van der Waals surface area contributed by atoms with Crippen LogP contribution in [0.25, 0.3) is 0 Å². The summed E-state index contributed by atoms with van der Waals surface area (Å²) in [6, 6.07) is 9.85. The fourth-order valence-electron chi connectivity index (χ4n) is 1.84. The molecular weight excluding hydrogens is 354 g/mol. The highest BCUT2D eigenvalue weighted by Gasteiger charge is 2.36. The molecule has 0 saturated carbocycles. The number of nitrogens with one attached hydrogen (secondary N) is 2. The molecule has 4 nitrogen and oxygen atoms in total. The van der Waals surface area contributed by atoms with E-state index in [9.17, 15) is 14.0 Å². The van der Waals surface area contributed by atoms with E-state index in [1.165, 1.54) is 56.3 Å². The predicted octanol–water partition coefficient (Wildman–Crippen LogP) is 4.74. The number of hydrogen-bond acceptors (Lipinski definition) is 2. The zero-order chi connectivity index (χ0) is 17.9. The third-order valence-electron chi connectivity index (χ3n) is 3.36. The van der Waals surface area contributed by atoms with Gasteiger partial charge in [0.25, 0.3) is 0 Å². The summed E-state index contributed by atoms with van der Waals surface area (Å²) < 4.78 is 12.9. The molecule has 2 rings (SSSR count). The van der Waals surface area contributed by atoms with Gasteiger partial charge < -0.3 is 10.6 Å². The van der Waals surface area contributed by atoms with Crippen molar-refractivity contribution in [3.8, 4) is 0 Å². The molecule has 126 valence electrons. The van der Waals surface area contributed by atoms with Crippen molar-refractivity contribution in [2.75, 3.05) is 10.6 Å². The number of benzene rings is 2. The first-order chi connectivity index (χ1) is 11.2. The minimum absolute atomic E-state index is 0.367. The number of carbonyl (C=O) groups is 2. The van der Waals surface area contributed by atoms with Gasteiger partial charge in [-0.05, 0) is 56.3 Å². The summed E-state index contributed by atoms with van der Waals surface area (Å²) in [5, 5.41) is 5.93. The summed E-state index contributed by atoms with van der Waals surface area (Å²) in [5.41, 5.74) is -0.586. The van der Waals surface area contributed by atoms with E-state index < -0.39 is 23.0 Å². The monoisotopic (exact) mass is 368 g/mol. The van der Waals surface area contributed by atoms with Gasteiger partial charge in [0.05, 0.1) is 0 Å². The molecule has 0 heterocycles. The van der Waals surface area contributed by atoms with E-state index in [1.807, 2.05) is 0 Å². The van der Waals surface area contributed by atoms with Gasteiger partial charge in [-0.15, -0.1) is 0 Å². The maximum atomic E-state index is 12.9. The van der Waals surface area contributed by atoms with E-state index >= 15 is 0 Å². The summed E-state index contributed by atoms with van der Waals surface area (Å²) in [4.78, 5) is 24.8. The molecule has 0 aliphatic heterocycles. The Labute approximate surface area is 149 Å². The van der Waals surface area contributed by atoms with Crippen LogP contribution in [0.4, 0.5) is 15.8 Å². The molecule has 0 radical (unpaired) electrons. The molecule has 0 aliphatic rings. The fraction of sp³-hybridized carbons (Fsp3) is 0.176. The molecule has 0 saturated heterocycles. The van der Waals surface area contributed by atoms with Crippen LogP contribution in [0.2, 0.25) is 10.0 Å². The first-order valence-corrected chi connectivity index (χ1v) is 7.78. The molecule has 0 aliphatic carbocycles. The lowest BCUT2D eigenvalue weighted by molar-refractivity contribution is -0.135. The fourth-order valence-corrected chi connectivity index (χ4v) is 2.36. The Kier molecular flexibility index (Phi) is 5.47. The van der Waals surface area contributed by atoms with E-state index in [4.69, 9.17) is 23.2 Å². The van der Waals surface area contributed by atoms with Crippen molar-refractivity contribution in [3.05, 3.63) is 58.3 Å². The second-order valence-electron chi connectivity index (χ2n) is 5.70. The first kappa shape index (κ1) is 18.2. The topological polar surface area (TPSA) is 58.2 Å². The Balaban J connectivity index is 2.11. The zero-order valence-corrected chi connectivity index (χ0v) is 14.5. The van der Waals surface area contributed by atoms with E-state index in [0.29, 0.717) is 21.4 Å². The highest BCUT2D eigenvalue weighted by Crippen LogP contribution is 2.26. The second-order valence-corrected chi connectivity index (χ2v) is 6.57. The van der Waals surface area contributed by atoms with Crippen molar-refractivity contribution in [2.45, 2.75) is 13.8 Å². The summed E-state index contributed by atoms with van der Waals surface area (Å²) in [7, 11) is 0. The van der Waals surface area contributed by atoms with Gasteiger partial charge in [-0.3, -0.25) is 9.59 Å². The number of amides is 2. The van der Waals surface area contributed by atoms with Crippen molar-refractivity contribution < 1.29 is 14.0 Å². The second kappa shape index (κ2) is 7.20. The molecule has 0 spiro atoms. The number of halogens is 3. The summed E-state index contributed by atoms with van der Waals surface area (Å²) in [6.45, 7) is 2.96. The van der Waals surface area contributed by atoms with Crippen molar-refractivity contribution in [1.82, 2.24) is 0 Å². The maximum absolute atomic E-state index is 12.9. The van der Waals surface area contributed by atoms with Crippen LogP contribution in [0.1, 0.15) is 13.8 Å². The van der Waals surface area contributed by atoms with Crippen LogP contribution in [0.5, 0.6) is 0 Å². The lowest BCUT2D eigenvalue weighted by Crippen LogP contribution is -2.41. The van der Waals surface area contributed by atoms with E-state index in [1.54, 1.807) is 0 Å². The molecule has 2 N–H and O–H groups in total. The molecule has 0 atom stereocenters. The van der Waals surface area contributed by atoms with E-state index in [-0.39, 0.29) is 0 Å². The van der Waals surface area contributed by atoms with Crippen LogP contribution in [-0.4, -0.2) is 11.8 Å². The number of hydrogen-bond donors (Lipinski definition) is 2. The van der Waals surface area contributed by atoms with Gasteiger partial charge in [-0.2, -0.15) is 0 Å². The smallest absolute Gasteiger partial charge is 0.239 e. The van der Waals surface area contributed by atoms with Crippen LogP contribution in [-0.2, 0) is 9.59 Å². The van der Waals surface area contributed by atoms with Crippen molar-refractivity contribution in [2.24, 2.45) is 5.41 Å². The molecule has 0 fully saturated rings. The molecule has 0 aromatic heterocycles. The van der Waals surface area contributed by atoms with Crippen LogP contribution in [0, 0.1) is 11.2 Å². The van der Waals surface area contributed by atoms with Crippen molar-refractivity contribution in [3.63, 3.8) is 0 Å². The number of anilines is 2. The van der Waals surface area contributed by atoms with Gasteiger partial charge in [0, 0.05) is 21.4 Å². The van der Waals surface area contributed by atoms with Gasteiger partial charge >= 0.3 is 0 Å². The Morgan fingerprint density at radius 3 is 1.83 bits per heavy atom. The molecule has 7 heteroatoms. The number of carbonyl (C=O) groups excluding carboxylic acids is 2. The third kappa shape index (κ3) is 4.46. The molecule has 0 bridgehead atoms. The Morgan fingerprint density at radius 2 is 1.33 bits per heavy atom. The molecule has 24 heavy (non-hydrogen) atoms. The summed E-state index contributed by atoms with van der Waals surface area (Å²) >= 11 is 11.8. The Morgan fingerprint density at radius 1 is 0.875 bits per heavy atom. The van der Waals surface area contributed by atoms with E-state index in [0.717, 1.165) is 0 Å². The van der Waals surface area contributed by atoms with Gasteiger partial charge in [0.15, 0.2) is 0 Å². The summed E-state index contributed by atoms with van der Waals surface area (Å²) in [5.74, 6) is -1.47. The molecular formula is C17H15Cl2FN2O2. The number of rotatable bonds is 4. The average Bonchev–Trinajstić information content (AvgIpc) is 2.48. The third-order valence-corrected chi connectivity index (χ3v) is 3.79. The van der Waals surface area contributed by atoms with Gasteiger partial charge in [0.1, 0.15) is 11.2 Å². The van der Waals surface area contributed by atoms with Crippen LogP contribution in [0.15, 0.2) is 42.5 Å². The quantitative estimate of drug-likeness (QED) is 0.765.